The van der Waals surface area contributed by atoms with Gasteiger partial charge in [-0.05, 0) is 32.9 Å². The summed E-state index contributed by atoms with van der Waals surface area (Å²) in [6.45, 7) is 5.00. The predicted octanol–water partition coefficient (Wildman–Crippen LogP) is 1.80. The molecule has 5 heteroatoms. The summed E-state index contributed by atoms with van der Waals surface area (Å²) in [5.41, 5.74) is -0.342. The van der Waals surface area contributed by atoms with Crippen molar-refractivity contribution >= 4 is 11.9 Å². The average molecular weight is 237 g/mol. The molecule has 17 heavy (non-hydrogen) atoms. The molecule has 0 aliphatic carbocycles. The number of ether oxygens (including phenoxy) is 1. The number of pyridine rings is 1. The Morgan fingerprint density at radius 2 is 1.82 bits per heavy atom. The number of carboxylic acid groups (broad SMARTS) is 1. The van der Waals surface area contributed by atoms with E-state index in [9.17, 15) is 9.59 Å². The van der Waals surface area contributed by atoms with E-state index >= 15 is 0 Å². The molecule has 0 fully saturated rings. The lowest BCUT2D eigenvalue weighted by Gasteiger charge is -2.20. The number of hydrogen-bond acceptors (Lipinski definition) is 4. The van der Waals surface area contributed by atoms with Crippen molar-refractivity contribution in [3.63, 3.8) is 0 Å². The molecule has 1 aromatic rings. The highest BCUT2D eigenvalue weighted by atomic mass is 16.6. The maximum atomic E-state index is 11.7. The van der Waals surface area contributed by atoms with Crippen LogP contribution < -0.4 is 0 Å². The van der Waals surface area contributed by atoms with E-state index in [-0.39, 0.29) is 0 Å². The Morgan fingerprint density at radius 3 is 2.24 bits per heavy atom. The van der Waals surface area contributed by atoms with Gasteiger partial charge < -0.3 is 9.84 Å². The van der Waals surface area contributed by atoms with Gasteiger partial charge in [-0.3, -0.25) is 9.78 Å². The van der Waals surface area contributed by atoms with Gasteiger partial charge in [0, 0.05) is 18.0 Å². The molecule has 0 spiro atoms. The van der Waals surface area contributed by atoms with E-state index in [1.807, 2.05) is 0 Å². The molecule has 1 heterocycles. The Labute approximate surface area is 99.4 Å². The number of esters is 1. The van der Waals surface area contributed by atoms with E-state index in [4.69, 9.17) is 9.84 Å². The van der Waals surface area contributed by atoms with Gasteiger partial charge in [0.2, 0.25) is 6.10 Å². The second-order valence-electron chi connectivity index (χ2n) is 4.65. The van der Waals surface area contributed by atoms with Crippen molar-refractivity contribution in [1.29, 1.82) is 0 Å². The molecule has 0 aliphatic heterocycles. The Hall–Kier alpha value is -1.91. The van der Waals surface area contributed by atoms with Crippen LogP contribution in [-0.4, -0.2) is 22.0 Å². The SMILES string of the molecule is CC(C)(C)C(=O)OC(C(=O)O)c1ccncc1. The van der Waals surface area contributed by atoms with Crippen LogP contribution in [0.2, 0.25) is 0 Å². The van der Waals surface area contributed by atoms with E-state index in [1.54, 1.807) is 20.8 Å². The number of aliphatic carboxylic acids is 1. The average Bonchev–Trinajstić information content (AvgIpc) is 2.25. The molecule has 1 aromatic heterocycles. The summed E-state index contributed by atoms with van der Waals surface area (Å²) in [5, 5.41) is 9.04. The lowest BCUT2D eigenvalue weighted by atomic mass is 9.97. The van der Waals surface area contributed by atoms with Crippen molar-refractivity contribution in [3.05, 3.63) is 30.1 Å². The lowest BCUT2D eigenvalue weighted by Crippen LogP contribution is -2.28. The number of hydrogen-bond donors (Lipinski definition) is 1. The van der Waals surface area contributed by atoms with Gasteiger partial charge in [-0.2, -0.15) is 0 Å². The van der Waals surface area contributed by atoms with Crippen LogP contribution in [0.15, 0.2) is 24.5 Å². The summed E-state index contributed by atoms with van der Waals surface area (Å²) < 4.78 is 5.00. The zero-order chi connectivity index (χ0) is 13.1. The third kappa shape index (κ3) is 3.55. The molecule has 92 valence electrons. The first-order valence-corrected chi connectivity index (χ1v) is 5.16. The molecule has 0 saturated carbocycles. The quantitative estimate of drug-likeness (QED) is 0.811. The molecule has 0 saturated heterocycles. The van der Waals surface area contributed by atoms with E-state index in [1.165, 1.54) is 24.5 Å². The number of aromatic nitrogens is 1. The number of carbonyl (C=O) groups excluding carboxylic acids is 1. The summed E-state index contributed by atoms with van der Waals surface area (Å²) >= 11 is 0. The van der Waals surface area contributed by atoms with Gasteiger partial charge >= 0.3 is 11.9 Å². The van der Waals surface area contributed by atoms with Gasteiger partial charge in [0.25, 0.3) is 0 Å². The van der Waals surface area contributed by atoms with Crippen LogP contribution >= 0.6 is 0 Å². The van der Waals surface area contributed by atoms with Crippen LogP contribution in [0.5, 0.6) is 0 Å². The van der Waals surface area contributed by atoms with Crippen LogP contribution in [0.25, 0.3) is 0 Å². The van der Waals surface area contributed by atoms with Crippen molar-refractivity contribution in [2.24, 2.45) is 5.41 Å². The summed E-state index contributed by atoms with van der Waals surface area (Å²) in [6, 6.07) is 3.02. The Balaban J connectivity index is 2.90. The largest absolute Gasteiger partial charge is 0.478 e. The molecule has 0 aromatic carbocycles. The Morgan fingerprint density at radius 1 is 1.29 bits per heavy atom. The molecule has 1 rings (SSSR count). The first-order valence-electron chi connectivity index (χ1n) is 5.16. The van der Waals surface area contributed by atoms with Crippen LogP contribution in [0.4, 0.5) is 0 Å². The van der Waals surface area contributed by atoms with Crippen LogP contribution in [0.1, 0.15) is 32.4 Å². The molecule has 0 bridgehead atoms. The minimum Gasteiger partial charge on any atom is -0.478 e. The highest BCUT2D eigenvalue weighted by Gasteiger charge is 2.30. The van der Waals surface area contributed by atoms with Gasteiger partial charge in [-0.15, -0.1) is 0 Å². The molecule has 1 atom stereocenters. The third-order valence-corrected chi connectivity index (χ3v) is 2.07. The smallest absolute Gasteiger partial charge is 0.349 e. The monoisotopic (exact) mass is 237 g/mol. The molecule has 0 radical (unpaired) electrons. The fourth-order valence-electron chi connectivity index (χ4n) is 1.08. The first kappa shape index (κ1) is 13.2. The van der Waals surface area contributed by atoms with Crippen LogP contribution in [-0.2, 0) is 14.3 Å². The first-order chi connectivity index (χ1) is 7.82. The molecule has 0 amide bonds. The number of carboxylic acids is 1. The molecular formula is C12H15NO4. The normalized spacial score (nSPS) is 12.9. The van der Waals surface area contributed by atoms with Crippen molar-refractivity contribution in [2.45, 2.75) is 26.9 Å². The fourth-order valence-corrected chi connectivity index (χ4v) is 1.08. The highest BCUT2D eigenvalue weighted by molar-refractivity contribution is 5.81. The van der Waals surface area contributed by atoms with Crippen LogP contribution in [0.3, 0.4) is 0 Å². The molecular weight excluding hydrogens is 222 g/mol. The van der Waals surface area contributed by atoms with Crippen molar-refractivity contribution < 1.29 is 19.4 Å². The molecule has 0 aliphatic rings. The maximum absolute atomic E-state index is 11.7. The van der Waals surface area contributed by atoms with E-state index in [0.29, 0.717) is 5.56 Å². The Bertz CT molecular complexity index is 408. The summed E-state index contributed by atoms with van der Waals surface area (Å²) in [4.78, 5) is 26.5. The zero-order valence-electron chi connectivity index (χ0n) is 10.0. The van der Waals surface area contributed by atoms with E-state index in [0.717, 1.165) is 0 Å². The second kappa shape index (κ2) is 4.95. The summed E-state index contributed by atoms with van der Waals surface area (Å²) in [6.07, 6.45) is 1.62. The summed E-state index contributed by atoms with van der Waals surface area (Å²) in [7, 11) is 0. The van der Waals surface area contributed by atoms with Crippen LogP contribution in [0, 0.1) is 5.41 Å². The molecule has 1 N–H and O–H groups in total. The van der Waals surface area contributed by atoms with Crippen molar-refractivity contribution in [1.82, 2.24) is 4.98 Å². The zero-order valence-corrected chi connectivity index (χ0v) is 10.0. The van der Waals surface area contributed by atoms with Gasteiger partial charge in [-0.1, -0.05) is 0 Å². The van der Waals surface area contributed by atoms with E-state index < -0.39 is 23.5 Å². The van der Waals surface area contributed by atoms with Gasteiger partial charge in [-0.25, -0.2) is 4.79 Å². The van der Waals surface area contributed by atoms with Gasteiger partial charge in [0.15, 0.2) is 0 Å². The maximum Gasteiger partial charge on any atom is 0.349 e. The lowest BCUT2D eigenvalue weighted by molar-refractivity contribution is -0.170. The number of nitrogens with zero attached hydrogens (tertiary/aromatic N) is 1. The van der Waals surface area contributed by atoms with E-state index in [2.05, 4.69) is 4.98 Å². The number of rotatable bonds is 3. The standard InChI is InChI=1S/C12H15NO4/c1-12(2,3)11(16)17-9(10(14)15)8-4-6-13-7-5-8/h4-7,9H,1-3H3,(H,14,15). The fraction of sp³-hybridized carbons (Fsp3) is 0.417. The summed E-state index contributed by atoms with van der Waals surface area (Å²) in [5.74, 6) is -1.75. The van der Waals surface area contributed by atoms with Gasteiger partial charge in [0.05, 0.1) is 5.41 Å². The second-order valence-corrected chi connectivity index (χ2v) is 4.65. The molecule has 1 unspecified atom stereocenters. The third-order valence-electron chi connectivity index (χ3n) is 2.07. The van der Waals surface area contributed by atoms with Crippen molar-refractivity contribution in [2.75, 3.05) is 0 Å². The minimum absolute atomic E-state index is 0.394. The minimum atomic E-state index is -1.29. The number of carbonyl (C=O) groups is 2. The van der Waals surface area contributed by atoms with Gasteiger partial charge in [0.1, 0.15) is 0 Å². The topological polar surface area (TPSA) is 76.5 Å². The highest BCUT2D eigenvalue weighted by Crippen LogP contribution is 2.23. The Kier molecular flexibility index (Phi) is 3.83. The molecule has 5 nitrogen and oxygen atoms in total. The predicted molar refractivity (Wildman–Crippen MR) is 60.2 cm³/mol. The van der Waals surface area contributed by atoms with Crippen molar-refractivity contribution in [3.8, 4) is 0 Å².